The van der Waals surface area contributed by atoms with Crippen LogP contribution < -0.4 is 10.1 Å². The predicted octanol–water partition coefficient (Wildman–Crippen LogP) is 3.58. The minimum Gasteiger partial charge on any atom is -0.476 e. The summed E-state index contributed by atoms with van der Waals surface area (Å²) in [5, 5.41) is 3.31. The number of likely N-dealkylation sites (tertiary alicyclic amines) is 1. The maximum atomic E-state index is 13.3. The van der Waals surface area contributed by atoms with Crippen LogP contribution in [0.1, 0.15) is 37.0 Å². The summed E-state index contributed by atoms with van der Waals surface area (Å²) >= 11 is 0. The van der Waals surface area contributed by atoms with Crippen LogP contribution >= 0.6 is 0 Å². The monoisotopic (exact) mass is 352 g/mol. The summed E-state index contributed by atoms with van der Waals surface area (Å²) in [6.07, 6.45) is 2.24. The predicted molar refractivity (Wildman–Crippen MR) is 104 cm³/mol. The van der Waals surface area contributed by atoms with Crippen molar-refractivity contribution in [1.82, 2.24) is 10.2 Å². The molecule has 1 aliphatic heterocycles. The van der Waals surface area contributed by atoms with Crippen LogP contribution in [0.4, 0.5) is 0 Å². The van der Waals surface area contributed by atoms with E-state index in [0.29, 0.717) is 6.04 Å². The Bertz CT molecular complexity index is 709. The first-order valence-electron chi connectivity index (χ1n) is 9.48. The molecule has 0 bridgehead atoms. The molecule has 4 heteroatoms. The summed E-state index contributed by atoms with van der Waals surface area (Å²) in [5.41, 5.74) is 2.02. The second-order valence-electron chi connectivity index (χ2n) is 6.76. The van der Waals surface area contributed by atoms with Crippen LogP contribution in [-0.4, -0.2) is 37.0 Å². The Hall–Kier alpha value is -2.33. The fourth-order valence-electron chi connectivity index (χ4n) is 3.48. The zero-order chi connectivity index (χ0) is 18.4. The van der Waals surface area contributed by atoms with Crippen molar-refractivity contribution in [3.63, 3.8) is 0 Å². The van der Waals surface area contributed by atoms with Gasteiger partial charge in [0.25, 0.3) is 5.91 Å². The van der Waals surface area contributed by atoms with Crippen molar-refractivity contribution >= 4 is 5.91 Å². The van der Waals surface area contributed by atoms with E-state index in [0.717, 1.165) is 49.2 Å². The number of hydrogen-bond donors (Lipinski definition) is 1. The molecule has 1 saturated heterocycles. The number of aryl methyl sites for hydroxylation is 1. The van der Waals surface area contributed by atoms with Gasteiger partial charge in [-0.05, 0) is 37.9 Å². The first-order valence-corrected chi connectivity index (χ1v) is 9.48. The number of nitrogens with one attached hydrogen (secondary N) is 1. The first-order chi connectivity index (χ1) is 12.7. The largest absolute Gasteiger partial charge is 0.476 e. The van der Waals surface area contributed by atoms with Crippen molar-refractivity contribution in [1.29, 1.82) is 0 Å². The minimum atomic E-state index is -0.602. The number of ether oxygens (including phenoxy) is 1. The molecule has 2 aromatic rings. The second kappa shape index (κ2) is 8.86. The highest BCUT2D eigenvalue weighted by Gasteiger charge is 2.30. The minimum absolute atomic E-state index is 0.0525. The summed E-state index contributed by atoms with van der Waals surface area (Å²) in [6.45, 7) is 3.64. The summed E-state index contributed by atoms with van der Waals surface area (Å²) in [4.78, 5) is 15.2. The molecule has 0 aliphatic carbocycles. The molecule has 0 spiro atoms. The highest BCUT2D eigenvalue weighted by atomic mass is 16.5. The number of hydrogen-bond acceptors (Lipinski definition) is 3. The van der Waals surface area contributed by atoms with Gasteiger partial charge in [-0.1, -0.05) is 55.5 Å². The summed E-state index contributed by atoms with van der Waals surface area (Å²) in [7, 11) is 1.99. The number of carbonyl (C=O) groups is 1. The normalized spacial score (nSPS) is 16.3. The van der Waals surface area contributed by atoms with Gasteiger partial charge in [0.1, 0.15) is 5.75 Å². The molecule has 1 unspecified atom stereocenters. The Morgan fingerprint density at radius 2 is 1.77 bits per heavy atom. The lowest BCUT2D eigenvalue weighted by molar-refractivity contribution is -0.140. The molecule has 26 heavy (non-hydrogen) atoms. The fourth-order valence-corrected chi connectivity index (χ4v) is 3.48. The van der Waals surface area contributed by atoms with E-state index in [4.69, 9.17) is 4.74 Å². The highest BCUT2D eigenvalue weighted by molar-refractivity contribution is 5.83. The van der Waals surface area contributed by atoms with Crippen LogP contribution in [0.3, 0.4) is 0 Å². The van der Waals surface area contributed by atoms with Crippen molar-refractivity contribution in [2.75, 3.05) is 20.1 Å². The molecule has 1 aliphatic rings. The van der Waals surface area contributed by atoms with Gasteiger partial charge in [0.15, 0.2) is 0 Å². The molecule has 1 N–H and O–H groups in total. The Kier molecular flexibility index (Phi) is 6.29. The van der Waals surface area contributed by atoms with E-state index in [1.807, 2.05) is 60.5 Å². The van der Waals surface area contributed by atoms with Gasteiger partial charge in [0.05, 0.1) is 0 Å². The SMILES string of the molecule is CCc1ccccc1OC(C(=O)N1CCC(NC)CC1)c1ccccc1. The van der Waals surface area contributed by atoms with Crippen LogP contribution in [0.15, 0.2) is 54.6 Å². The standard InChI is InChI=1S/C22H28N2O2/c1-3-17-9-7-8-12-20(17)26-21(18-10-5-4-6-11-18)22(25)24-15-13-19(23-2)14-16-24/h4-12,19,21,23H,3,13-16H2,1-2H3. The summed E-state index contributed by atoms with van der Waals surface area (Å²) in [5.74, 6) is 0.846. The summed E-state index contributed by atoms with van der Waals surface area (Å²) < 4.78 is 6.28. The lowest BCUT2D eigenvalue weighted by atomic mass is 10.0. The zero-order valence-electron chi connectivity index (χ0n) is 15.7. The van der Waals surface area contributed by atoms with E-state index in [1.54, 1.807) is 0 Å². The van der Waals surface area contributed by atoms with Gasteiger partial charge in [0, 0.05) is 24.7 Å². The Balaban J connectivity index is 1.83. The van der Waals surface area contributed by atoms with E-state index >= 15 is 0 Å². The van der Waals surface area contributed by atoms with Crippen LogP contribution in [-0.2, 0) is 11.2 Å². The van der Waals surface area contributed by atoms with Crippen LogP contribution in [0, 0.1) is 0 Å². The van der Waals surface area contributed by atoms with Crippen LogP contribution in [0.25, 0.3) is 0 Å². The van der Waals surface area contributed by atoms with Gasteiger partial charge >= 0.3 is 0 Å². The van der Waals surface area contributed by atoms with E-state index in [2.05, 4.69) is 18.3 Å². The fraction of sp³-hybridized carbons (Fsp3) is 0.409. The van der Waals surface area contributed by atoms with Gasteiger partial charge < -0.3 is 15.0 Å². The van der Waals surface area contributed by atoms with E-state index in [1.165, 1.54) is 0 Å². The first kappa shape index (κ1) is 18.5. The summed E-state index contributed by atoms with van der Waals surface area (Å²) in [6, 6.07) is 18.3. The number of para-hydroxylation sites is 1. The average Bonchev–Trinajstić information content (AvgIpc) is 2.72. The van der Waals surface area contributed by atoms with Crippen molar-refractivity contribution in [3.8, 4) is 5.75 Å². The Morgan fingerprint density at radius 3 is 2.42 bits per heavy atom. The van der Waals surface area contributed by atoms with Gasteiger partial charge in [-0.2, -0.15) is 0 Å². The Morgan fingerprint density at radius 1 is 1.12 bits per heavy atom. The second-order valence-corrected chi connectivity index (χ2v) is 6.76. The highest BCUT2D eigenvalue weighted by Crippen LogP contribution is 2.28. The van der Waals surface area contributed by atoms with Gasteiger partial charge in [-0.25, -0.2) is 0 Å². The molecular formula is C22H28N2O2. The van der Waals surface area contributed by atoms with Crippen molar-refractivity contribution in [3.05, 3.63) is 65.7 Å². The molecule has 0 aromatic heterocycles. The smallest absolute Gasteiger partial charge is 0.268 e. The van der Waals surface area contributed by atoms with Crippen molar-refractivity contribution < 1.29 is 9.53 Å². The third-order valence-electron chi connectivity index (χ3n) is 5.14. The number of rotatable bonds is 6. The third kappa shape index (κ3) is 4.25. The molecule has 0 saturated carbocycles. The molecule has 1 atom stereocenters. The van der Waals surface area contributed by atoms with E-state index in [9.17, 15) is 4.79 Å². The number of carbonyl (C=O) groups excluding carboxylic acids is 1. The third-order valence-corrected chi connectivity index (χ3v) is 5.14. The number of nitrogens with zero attached hydrogens (tertiary/aromatic N) is 1. The van der Waals surface area contributed by atoms with Crippen molar-refractivity contribution in [2.45, 2.75) is 38.3 Å². The molecule has 1 heterocycles. The molecular weight excluding hydrogens is 324 g/mol. The topological polar surface area (TPSA) is 41.6 Å². The lowest BCUT2D eigenvalue weighted by Gasteiger charge is -2.34. The van der Waals surface area contributed by atoms with Gasteiger partial charge in [-0.15, -0.1) is 0 Å². The number of piperidine rings is 1. The molecule has 2 aromatic carbocycles. The number of amides is 1. The average molecular weight is 352 g/mol. The molecule has 1 fully saturated rings. The van der Waals surface area contributed by atoms with Crippen molar-refractivity contribution in [2.24, 2.45) is 0 Å². The van der Waals surface area contributed by atoms with E-state index < -0.39 is 6.10 Å². The van der Waals surface area contributed by atoms with Gasteiger partial charge in [-0.3, -0.25) is 4.79 Å². The maximum absolute atomic E-state index is 13.3. The molecule has 0 radical (unpaired) electrons. The van der Waals surface area contributed by atoms with Gasteiger partial charge in [0.2, 0.25) is 6.10 Å². The van der Waals surface area contributed by atoms with Crippen LogP contribution in [0.5, 0.6) is 5.75 Å². The van der Waals surface area contributed by atoms with Crippen LogP contribution in [0.2, 0.25) is 0 Å². The molecule has 1 amide bonds. The maximum Gasteiger partial charge on any atom is 0.268 e. The lowest BCUT2D eigenvalue weighted by Crippen LogP contribution is -2.46. The van der Waals surface area contributed by atoms with E-state index in [-0.39, 0.29) is 5.91 Å². The molecule has 4 nitrogen and oxygen atoms in total. The molecule has 138 valence electrons. The molecule has 3 rings (SSSR count). The zero-order valence-corrected chi connectivity index (χ0v) is 15.7. The quantitative estimate of drug-likeness (QED) is 0.864. The Labute approximate surface area is 156 Å². The number of benzene rings is 2.